The van der Waals surface area contributed by atoms with Crippen LogP contribution >= 0.6 is 12.6 Å². The number of amides is 1. The van der Waals surface area contributed by atoms with Gasteiger partial charge in [0.2, 0.25) is 11.9 Å². The molecule has 1 atom stereocenters. The van der Waals surface area contributed by atoms with Crippen molar-refractivity contribution in [1.29, 1.82) is 0 Å². The summed E-state index contributed by atoms with van der Waals surface area (Å²) in [7, 11) is 0. The van der Waals surface area contributed by atoms with Gasteiger partial charge in [-0.15, -0.1) is 0 Å². The normalized spacial score (nSPS) is 11.5. The van der Waals surface area contributed by atoms with E-state index in [0.717, 1.165) is 0 Å². The van der Waals surface area contributed by atoms with Crippen LogP contribution in [0.2, 0.25) is 0 Å². The minimum Gasteiger partial charge on any atom is -0.480 e. The number of fused-ring (bicyclic) bond motifs is 1. The van der Waals surface area contributed by atoms with Crippen LogP contribution in [-0.2, 0) is 21.1 Å². The minimum atomic E-state index is -1.06. The number of thiol groups is 1. The SMILES string of the molecule is CC(=O)N[C@@H](CS)C(=O)O.Nc1nc2c(ncn2COCCO)c(=O)[nH]1. The summed E-state index contributed by atoms with van der Waals surface area (Å²) in [5.74, 6) is -1.29. The zero-order valence-electron chi connectivity index (χ0n) is 13.9. The maximum absolute atomic E-state index is 11.4. The van der Waals surface area contributed by atoms with E-state index in [4.69, 9.17) is 20.7 Å². The van der Waals surface area contributed by atoms with Gasteiger partial charge >= 0.3 is 5.97 Å². The third kappa shape index (κ3) is 6.34. The van der Waals surface area contributed by atoms with Crippen molar-refractivity contribution in [1.82, 2.24) is 24.8 Å². The molecule has 12 nitrogen and oxygen atoms in total. The molecule has 13 heteroatoms. The summed E-state index contributed by atoms with van der Waals surface area (Å²) in [6, 6.07) is -0.874. The molecular weight excluding hydrogens is 368 g/mol. The number of hydrogen-bond donors (Lipinski definition) is 6. The second-order valence-electron chi connectivity index (χ2n) is 4.87. The number of rotatable bonds is 7. The highest BCUT2D eigenvalue weighted by molar-refractivity contribution is 7.80. The van der Waals surface area contributed by atoms with Gasteiger partial charge in [-0.2, -0.15) is 17.6 Å². The lowest BCUT2D eigenvalue weighted by molar-refractivity contribution is -0.140. The lowest BCUT2D eigenvalue weighted by Crippen LogP contribution is -2.40. The minimum absolute atomic E-state index is 0.0291. The Hall–Kier alpha value is -2.64. The summed E-state index contributed by atoms with van der Waals surface area (Å²) in [5, 5.41) is 19.1. The Balaban J connectivity index is 0.000000294. The van der Waals surface area contributed by atoms with E-state index in [1.165, 1.54) is 17.8 Å². The molecule has 2 heterocycles. The quantitative estimate of drug-likeness (QED) is 0.234. The van der Waals surface area contributed by atoms with Gasteiger partial charge in [0.15, 0.2) is 11.2 Å². The van der Waals surface area contributed by atoms with E-state index >= 15 is 0 Å². The zero-order chi connectivity index (χ0) is 19.7. The number of imidazole rings is 1. The molecule has 0 spiro atoms. The number of nitrogens with zero attached hydrogens (tertiary/aromatic N) is 3. The summed E-state index contributed by atoms with van der Waals surface area (Å²) < 4.78 is 6.63. The van der Waals surface area contributed by atoms with Crippen molar-refractivity contribution in [3.8, 4) is 0 Å². The van der Waals surface area contributed by atoms with E-state index in [2.05, 4.69) is 32.9 Å². The van der Waals surface area contributed by atoms with Gasteiger partial charge in [-0.05, 0) is 0 Å². The molecule has 0 aromatic carbocycles. The number of carbonyl (C=O) groups is 2. The number of ether oxygens (including phenoxy) is 1. The molecule has 0 saturated heterocycles. The molecule has 1 amide bonds. The Labute approximate surface area is 152 Å². The number of carboxylic acid groups (broad SMARTS) is 1. The number of hydrogen-bond acceptors (Lipinski definition) is 9. The van der Waals surface area contributed by atoms with Gasteiger partial charge in [0.05, 0.1) is 19.5 Å². The number of aromatic nitrogens is 4. The van der Waals surface area contributed by atoms with Gasteiger partial charge in [-0.1, -0.05) is 0 Å². The van der Waals surface area contributed by atoms with Gasteiger partial charge in [0.25, 0.3) is 5.56 Å². The fraction of sp³-hybridized carbons (Fsp3) is 0.462. The van der Waals surface area contributed by atoms with E-state index in [9.17, 15) is 14.4 Å². The van der Waals surface area contributed by atoms with Crippen molar-refractivity contribution < 1.29 is 24.5 Å². The molecule has 0 fully saturated rings. The van der Waals surface area contributed by atoms with Crippen LogP contribution < -0.4 is 16.6 Å². The number of aliphatic hydroxyl groups is 1. The summed E-state index contributed by atoms with van der Waals surface area (Å²) in [6.07, 6.45) is 1.43. The highest BCUT2D eigenvalue weighted by Gasteiger charge is 2.15. The molecule has 0 unspecified atom stereocenters. The summed E-state index contributed by atoms with van der Waals surface area (Å²) >= 11 is 3.73. The number of nitrogens with two attached hydrogens (primary N) is 1. The fourth-order valence-corrected chi connectivity index (χ4v) is 1.97. The Kier molecular flexibility index (Phi) is 8.54. The summed E-state index contributed by atoms with van der Waals surface area (Å²) in [6.45, 7) is 1.56. The number of nitrogen functional groups attached to an aromatic ring is 1. The van der Waals surface area contributed by atoms with Crippen LogP contribution in [0, 0.1) is 0 Å². The number of carbonyl (C=O) groups excluding carboxylic acids is 1. The van der Waals surface area contributed by atoms with Gasteiger partial charge in [0, 0.05) is 12.7 Å². The fourth-order valence-electron chi connectivity index (χ4n) is 1.72. The van der Waals surface area contributed by atoms with Crippen molar-refractivity contribution >= 4 is 41.6 Å². The second-order valence-corrected chi connectivity index (χ2v) is 5.24. The molecule has 26 heavy (non-hydrogen) atoms. The molecule has 0 saturated carbocycles. The highest BCUT2D eigenvalue weighted by Crippen LogP contribution is 2.05. The summed E-state index contributed by atoms with van der Waals surface area (Å²) in [5.41, 5.74) is 5.60. The Morgan fingerprint density at radius 3 is 2.73 bits per heavy atom. The summed E-state index contributed by atoms with van der Waals surface area (Å²) in [4.78, 5) is 42.1. The maximum atomic E-state index is 11.4. The van der Waals surface area contributed by atoms with E-state index in [0.29, 0.717) is 5.65 Å². The molecule has 2 rings (SSSR count). The largest absolute Gasteiger partial charge is 0.480 e. The molecule has 0 aliphatic rings. The zero-order valence-corrected chi connectivity index (χ0v) is 14.8. The van der Waals surface area contributed by atoms with Crippen LogP contribution in [0.25, 0.3) is 11.2 Å². The molecule has 144 valence electrons. The average Bonchev–Trinajstić information content (AvgIpc) is 2.96. The molecule has 6 N–H and O–H groups in total. The topological polar surface area (TPSA) is 185 Å². The van der Waals surface area contributed by atoms with Gasteiger partial charge in [-0.3, -0.25) is 19.1 Å². The number of H-pyrrole nitrogens is 1. The first-order valence-corrected chi connectivity index (χ1v) is 7.93. The van der Waals surface area contributed by atoms with E-state index in [1.54, 1.807) is 0 Å². The number of aromatic amines is 1. The van der Waals surface area contributed by atoms with Crippen molar-refractivity contribution in [2.24, 2.45) is 0 Å². The predicted octanol–water partition coefficient (Wildman–Crippen LogP) is -1.83. The number of nitrogens with one attached hydrogen (secondary N) is 2. The van der Waals surface area contributed by atoms with Crippen molar-refractivity contribution in [2.75, 3.05) is 24.7 Å². The van der Waals surface area contributed by atoms with Gasteiger partial charge < -0.3 is 26.0 Å². The Morgan fingerprint density at radius 1 is 1.54 bits per heavy atom. The molecule has 0 aliphatic carbocycles. The highest BCUT2D eigenvalue weighted by atomic mass is 32.1. The number of carboxylic acids is 1. The first-order valence-electron chi connectivity index (χ1n) is 7.30. The van der Waals surface area contributed by atoms with Crippen LogP contribution in [0.5, 0.6) is 0 Å². The Morgan fingerprint density at radius 2 is 2.23 bits per heavy atom. The van der Waals surface area contributed by atoms with Crippen molar-refractivity contribution in [2.45, 2.75) is 19.7 Å². The first kappa shape index (κ1) is 21.4. The van der Waals surface area contributed by atoms with Gasteiger partial charge in [-0.25, -0.2) is 9.78 Å². The molecule has 0 radical (unpaired) electrons. The molecule has 2 aromatic heterocycles. The third-order valence-corrected chi connectivity index (χ3v) is 3.18. The second kappa shape index (κ2) is 10.4. The average molecular weight is 388 g/mol. The number of aliphatic carboxylic acids is 1. The maximum Gasteiger partial charge on any atom is 0.327 e. The van der Waals surface area contributed by atoms with Crippen LogP contribution in [0.1, 0.15) is 6.92 Å². The lowest BCUT2D eigenvalue weighted by Gasteiger charge is -2.08. The van der Waals surface area contributed by atoms with Crippen LogP contribution in [-0.4, -0.2) is 66.6 Å². The van der Waals surface area contributed by atoms with Crippen LogP contribution in [0.15, 0.2) is 11.1 Å². The smallest absolute Gasteiger partial charge is 0.327 e. The van der Waals surface area contributed by atoms with Crippen molar-refractivity contribution in [3.63, 3.8) is 0 Å². The molecular formula is C13H20N6O6S. The monoisotopic (exact) mass is 388 g/mol. The number of aliphatic hydroxyl groups excluding tert-OH is 1. The Bertz CT molecular complexity index is 806. The molecule has 0 aliphatic heterocycles. The van der Waals surface area contributed by atoms with Crippen molar-refractivity contribution in [3.05, 3.63) is 16.7 Å². The third-order valence-electron chi connectivity index (χ3n) is 2.82. The van der Waals surface area contributed by atoms with E-state index < -0.39 is 12.0 Å². The van der Waals surface area contributed by atoms with Gasteiger partial charge in [0.1, 0.15) is 12.8 Å². The van der Waals surface area contributed by atoms with E-state index in [1.807, 2.05) is 0 Å². The van der Waals surface area contributed by atoms with Crippen LogP contribution in [0.4, 0.5) is 5.95 Å². The first-order chi connectivity index (χ1) is 12.3. The molecule has 0 bridgehead atoms. The molecule has 2 aromatic rings. The standard InChI is InChI=1S/C8H11N5O3.C5H9NO3S/c9-8-11-6-5(7(15)12-8)10-3-13(6)4-16-2-1-14;1-3(7)6-4(2-10)5(8)9/h3,14H,1-2,4H2,(H3,9,11,12,15);4,10H,2H2,1H3,(H,6,7)(H,8,9)/t;4-/m.0/s1. The lowest BCUT2D eigenvalue weighted by atomic mass is 10.3. The van der Waals surface area contributed by atoms with E-state index in [-0.39, 0.29) is 48.6 Å². The predicted molar refractivity (Wildman–Crippen MR) is 94.7 cm³/mol. The number of anilines is 1. The van der Waals surface area contributed by atoms with Crippen LogP contribution in [0.3, 0.4) is 0 Å².